The second-order valence-corrected chi connectivity index (χ2v) is 7.00. The molecular formula is C21H29N3O. The van der Waals surface area contributed by atoms with Gasteiger partial charge in [-0.1, -0.05) is 51.0 Å². The summed E-state index contributed by atoms with van der Waals surface area (Å²) >= 11 is 0. The molecule has 3 atom stereocenters. The maximum atomic E-state index is 12.4. The van der Waals surface area contributed by atoms with Crippen LogP contribution in [0.1, 0.15) is 63.6 Å². The molecule has 25 heavy (non-hydrogen) atoms. The number of carbonyl (C=O) groups is 1. The zero-order valence-corrected chi connectivity index (χ0v) is 15.5. The Labute approximate surface area is 151 Å². The summed E-state index contributed by atoms with van der Waals surface area (Å²) < 4.78 is 0. The number of aryl methyl sites for hydroxylation is 1. The van der Waals surface area contributed by atoms with Crippen molar-refractivity contribution in [2.45, 2.75) is 65.0 Å². The van der Waals surface area contributed by atoms with Crippen molar-refractivity contribution in [1.29, 1.82) is 5.26 Å². The van der Waals surface area contributed by atoms with Gasteiger partial charge in [0.1, 0.15) is 11.6 Å². The van der Waals surface area contributed by atoms with Crippen LogP contribution < -0.4 is 10.6 Å². The third-order valence-corrected chi connectivity index (χ3v) is 5.15. The number of carbonyl (C=O) groups excluding carboxylic acids is 1. The molecule has 3 unspecified atom stereocenters. The van der Waals surface area contributed by atoms with Crippen LogP contribution in [0.15, 0.2) is 36.0 Å². The van der Waals surface area contributed by atoms with Gasteiger partial charge in [0.2, 0.25) is 0 Å². The second kappa shape index (κ2) is 9.27. The van der Waals surface area contributed by atoms with Gasteiger partial charge in [0.25, 0.3) is 5.91 Å². The van der Waals surface area contributed by atoms with Crippen LogP contribution >= 0.6 is 0 Å². The first kappa shape index (κ1) is 19.1. The van der Waals surface area contributed by atoms with Crippen LogP contribution in [0.4, 0.5) is 0 Å². The number of benzene rings is 1. The van der Waals surface area contributed by atoms with E-state index in [1.165, 1.54) is 24.8 Å². The van der Waals surface area contributed by atoms with Gasteiger partial charge >= 0.3 is 0 Å². The summed E-state index contributed by atoms with van der Waals surface area (Å²) in [6.07, 6.45) is 7.35. The van der Waals surface area contributed by atoms with E-state index in [2.05, 4.69) is 36.6 Å². The fourth-order valence-electron chi connectivity index (χ4n) is 3.30. The average molecular weight is 339 g/mol. The van der Waals surface area contributed by atoms with Crippen molar-refractivity contribution in [3.63, 3.8) is 0 Å². The van der Waals surface area contributed by atoms with Crippen LogP contribution in [0.5, 0.6) is 0 Å². The van der Waals surface area contributed by atoms with Gasteiger partial charge in [0.05, 0.1) is 6.04 Å². The quantitative estimate of drug-likeness (QED) is 0.608. The maximum absolute atomic E-state index is 12.4. The molecule has 1 saturated carbocycles. The fraction of sp³-hybridized carbons (Fsp3) is 0.524. The van der Waals surface area contributed by atoms with Crippen molar-refractivity contribution in [3.8, 4) is 6.07 Å². The lowest BCUT2D eigenvalue weighted by Crippen LogP contribution is -2.35. The number of rotatable bonds is 6. The van der Waals surface area contributed by atoms with Crippen LogP contribution in [0.25, 0.3) is 0 Å². The van der Waals surface area contributed by atoms with Crippen molar-refractivity contribution < 1.29 is 4.79 Å². The summed E-state index contributed by atoms with van der Waals surface area (Å²) in [4.78, 5) is 12.4. The molecule has 0 aromatic heterocycles. The Morgan fingerprint density at radius 2 is 2.00 bits per heavy atom. The predicted octanol–water partition coefficient (Wildman–Crippen LogP) is 4.00. The summed E-state index contributed by atoms with van der Waals surface area (Å²) in [5.74, 6) is 0.245. The molecule has 0 aliphatic heterocycles. The number of hydrogen-bond acceptors (Lipinski definition) is 3. The third-order valence-electron chi connectivity index (χ3n) is 5.15. The van der Waals surface area contributed by atoms with Gasteiger partial charge in [-0.3, -0.25) is 4.79 Å². The van der Waals surface area contributed by atoms with E-state index in [0.29, 0.717) is 12.0 Å². The highest BCUT2D eigenvalue weighted by atomic mass is 16.1. The van der Waals surface area contributed by atoms with Gasteiger partial charge < -0.3 is 10.6 Å². The summed E-state index contributed by atoms with van der Waals surface area (Å²) in [6, 6.07) is 10.4. The van der Waals surface area contributed by atoms with Crippen LogP contribution in [0, 0.1) is 17.2 Å². The van der Waals surface area contributed by atoms with Gasteiger partial charge in [-0.05, 0) is 43.2 Å². The average Bonchev–Trinajstić information content (AvgIpc) is 2.63. The molecule has 1 fully saturated rings. The highest BCUT2D eigenvalue weighted by molar-refractivity contribution is 5.97. The molecule has 134 valence electrons. The molecule has 4 heteroatoms. The van der Waals surface area contributed by atoms with E-state index in [1.807, 2.05) is 25.1 Å². The Balaban J connectivity index is 1.96. The Hall–Kier alpha value is -2.28. The summed E-state index contributed by atoms with van der Waals surface area (Å²) in [5, 5.41) is 15.5. The van der Waals surface area contributed by atoms with Gasteiger partial charge in [0.15, 0.2) is 0 Å². The van der Waals surface area contributed by atoms with E-state index in [0.717, 1.165) is 18.4 Å². The molecule has 4 nitrogen and oxygen atoms in total. The topological polar surface area (TPSA) is 64.9 Å². The summed E-state index contributed by atoms with van der Waals surface area (Å²) in [6.45, 7) is 6.27. The van der Waals surface area contributed by atoms with Crippen molar-refractivity contribution in [2.24, 2.45) is 5.92 Å². The Morgan fingerprint density at radius 3 is 2.60 bits per heavy atom. The summed E-state index contributed by atoms with van der Waals surface area (Å²) in [7, 11) is 0. The minimum Gasteiger partial charge on any atom is -0.387 e. The van der Waals surface area contributed by atoms with Crippen molar-refractivity contribution in [3.05, 3.63) is 47.2 Å². The van der Waals surface area contributed by atoms with E-state index in [1.54, 1.807) is 6.20 Å². The molecule has 0 radical (unpaired) electrons. The van der Waals surface area contributed by atoms with E-state index in [9.17, 15) is 10.1 Å². The SMILES string of the molecule is CCc1ccc(C(C)NC(=O)/C(C#N)=C\NC2CCCCC2C)cc1. The molecule has 1 aliphatic rings. The van der Waals surface area contributed by atoms with Crippen LogP contribution in [-0.4, -0.2) is 11.9 Å². The molecule has 0 heterocycles. The first-order valence-corrected chi connectivity index (χ1v) is 9.31. The molecule has 1 aromatic rings. The zero-order chi connectivity index (χ0) is 18.2. The Kier molecular flexibility index (Phi) is 7.06. The van der Waals surface area contributed by atoms with Crippen LogP contribution in [-0.2, 0) is 11.2 Å². The van der Waals surface area contributed by atoms with Gasteiger partial charge in [-0.2, -0.15) is 5.26 Å². The zero-order valence-electron chi connectivity index (χ0n) is 15.5. The third kappa shape index (κ3) is 5.35. The smallest absolute Gasteiger partial charge is 0.263 e. The predicted molar refractivity (Wildman–Crippen MR) is 101 cm³/mol. The van der Waals surface area contributed by atoms with Gasteiger partial charge in [-0.15, -0.1) is 0 Å². The number of amides is 1. The highest BCUT2D eigenvalue weighted by Gasteiger charge is 2.21. The highest BCUT2D eigenvalue weighted by Crippen LogP contribution is 2.23. The van der Waals surface area contributed by atoms with E-state index in [-0.39, 0.29) is 17.5 Å². The van der Waals surface area contributed by atoms with Gasteiger partial charge in [-0.25, -0.2) is 0 Å². The lowest BCUT2D eigenvalue weighted by atomic mass is 9.86. The lowest BCUT2D eigenvalue weighted by Gasteiger charge is -2.29. The van der Waals surface area contributed by atoms with E-state index >= 15 is 0 Å². The van der Waals surface area contributed by atoms with Crippen LogP contribution in [0.2, 0.25) is 0 Å². The van der Waals surface area contributed by atoms with Gasteiger partial charge in [0, 0.05) is 12.2 Å². The normalized spacial score (nSPS) is 21.9. The molecule has 1 aliphatic carbocycles. The van der Waals surface area contributed by atoms with E-state index in [4.69, 9.17) is 0 Å². The van der Waals surface area contributed by atoms with E-state index < -0.39 is 0 Å². The minimum atomic E-state index is -0.328. The molecule has 2 rings (SSSR count). The largest absolute Gasteiger partial charge is 0.387 e. The standard InChI is InChI=1S/C21H29N3O/c1-4-17-9-11-18(12-10-17)16(3)24-21(25)19(13-22)14-23-20-8-6-5-7-15(20)2/h9-12,14-16,20,23H,4-8H2,1-3H3,(H,24,25)/b19-14-. The molecule has 2 N–H and O–H groups in total. The first-order chi connectivity index (χ1) is 12.0. The first-order valence-electron chi connectivity index (χ1n) is 9.31. The maximum Gasteiger partial charge on any atom is 0.263 e. The lowest BCUT2D eigenvalue weighted by molar-refractivity contribution is -0.117. The van der Waals surface area contributed by atoms with Crippen LogP contribution in [0.3, 0.4) is 0 Å². The molecule has 0 spiro atoms. The molecule has 0 saturated heterocycles. The molecule has 1 aromatic carbocycles. The fourth-order valence-corrected chi connectivity index (χ4v) is 3.30. The summed E-state index contributed by atoms with van der Waals surface area (Å²) in [5.41, 5.74) is 2.44. The van der Waals surface area contributed by atoms with Crippen molar-refractivity contribution in [2.75, 3.05) is 0 Å². The monoisotopic (exact) mass is 339 g/mol. The number of hydrogen-bond donors (Lipinski definition) is 2. The number of nitrogens with one attached hydrogen (secondary N) is 2. The van der Waals surface area contributed by atoms with Crippen molar-refractivity contribution >= 4 is 5.91 Å². The van der Waals surface area contributed by atoms with Crippen molar-refractivity contribution in [1.82, 2.24) is 10.6 Å². The number of nitriles is 1. The molecule has 1 amide bonds. The number of nitrogens with zero attached hydrogens (tertiary/aromatic N) is 1. The molecular weight excluding hydrogens is 310 g/mol. The Morgan fingerprint density at radius 1 is 1.32 bits per heavy atom. The Bertz CT molecular complexity index is 642. The second-order valence-electron chi connectivity index (χ2n) is 7.00. The minimum absolute atomic E-state index is 0.134. The molecule has 0 bridgehead atoms.